The number of amides is 2. The smallest absolute Gasteiger partial charge is 0.321 e. The van der Waals surface area contributed by atoms with Gasteiger partial charge in [0.2, 0.25) is 0 Å². The molecule has 0 saturated carbocycles. The van der Waals surface area contributed by atoms with E-state index in [0.29, 0.717) is 0 Å². The summed E-state index contributed by atoms with van der Waals surface area (Å²) >= 11 is 0. The van der Waals surface area contributed by atoms with Gasteiger partial charge >= 0.3 is 6.03 Å². The van der Waals surface area contributed by atoms with E-state index in [1.54, 1.807) is 0 Å². The maximum Gasteiger partial charge on any atom is 0.321 e. The van der Waals surface area contributed by atoms with Crippen molar-refractivity contribution in [2.24, 2.45) is 0 Å². The van der Waals surface area contributed by atoms with Crippen LogP contribution in [0.15, 0.2) is 54.9 Å². The molecule has 0 unspecified atom stereocenters. The van der Waals surface area contributed by atoms with Gasteiger partial charge in [0, 0.05) is 49.8 Å². The van der Waals surface area contributed by atoms with Gasteiger partial charge in [-0.25, -0.2) is 9.78 Å². The maximum absolute atomic E-state index is 12.3. The Balaban J connectivity index is 1.55. The zero-order valence-corrected chi connectivity index (χ0v) is 13.3. The van der Waals surface area contributed by atoms with Crippen molar-refractivity contribution in [1.29, 1.82) is 0 Å². The Labute approximate surface area is 140 Å². The second kappa shape index (κ2) is 6.33. The molecule has 0 atom stereocenters. The van der Waals surface area contributed by atoms with Crippen molar-refractivity contribution in [2.75, 3.05) is 31.5 Å². The minimum atomic E-state index is -0.0522. The van der Waals surface area contributed by atoms with Gasteiger partial charge in [-0.05, 0) is 24.3 Å². The minimum Gasteiger partial charge on any atom is -0.322 e. The summed E-state index contributed by atoms with van der Waals surface area (Å²) in [5, 5.41) is 6.22. The number of piperazine rings is 1. The molecule has 0 bridgehead atoms. The highest BCUT2D eigenvalue weighted by molar-refractivity contribution is 5.90. The molecule has 2 amide bonds. The van der Waals surface area contributed by atoms with Crippen LogP contribution in [-0.4, -0.2) is 46.5 Å². The van der Waals surface area contributed by atoms with Gasteiger partial charge in [0.1, 0.15) is 5.65 Å². The Kier molecular flexibility index (Phi) is 3.88. The van der Waals surface area contributed by atoms with Crippen LogP contribution in [0.1, 0.15) is 0 Å². The lowest BCUT2D eigenvalue weighted by Gasteiger charge is -2.27. The molecule has 2 N–H and O–H groups in total. The van der Waals surface area contributed by atoms with E-state index in [0.717, 1.165) is 48.8 Å². The van der Waals surface area contributed by atoms with Crippen LogP contribution in [0, 0.1) is 0 Å². The number of nitrogens with one attached hydrogen (secondary N) is 2. The van der Waals surface area contributed by atoms with Crippen molar-refractivity contribution < 1.29 is 4.79 Å². The van der Waals surface area contributed by atoms with Crippen LogP contribution in [0.3, 0.4) is 0 Å². The Hall–Kier alpha value is -2.86. The van der Waals surface area contributed by atoms with Crippen LogP contribution in [0.25, 0.3) is 16.9 Å². The molecular formula is C18H19N5O. The quantitative estimate of drug-likeness (QED) is 0.762. The highest BCUT2D eigenvalue weighted by atomic mass is 16.2. The number of aromatic nitrogens is 2. The number of benzene rings is 1. The van der Waals surface area contributed by atoms with Crippen LogP contribution < -0.4 is 10.6 Å². The van der Waals surface area contributed by atoms with Gasteiger partial charge in [0.05, 0.1) is 5.69 Å². The SMILES string of the molecule is O=C(Nc1cccc(-c2cn3ccccc3n2)c1)N1CCNCC1. The lowest BCUT2D eigenvalue weighted by Crippen LogP contribution is -2.48. The molecule has 0 spiro atoms. The third-order valence-corrected chi connectivity index (χ3v) is 4.18. The van der Waals surface area contributed by atoms with Gasteiger partial charge in [-0.2, -0.15) is 0 Å². The fraction of sp³-hybridized carbons (Fsp3) is 0.222. The van der Waals surface area contributed by atoms with E-state index in [1.165, 1.54) is 0 Å². The largest absolute Gasteiger partial charge is 0.322 e. The number of fused-ring (bicyclic) bond motifs is 1. The molecule has 1 aliphatic heterocycles. The van der Waals surface area contributed by atoms with Crippen molar-refractivity contribution in [2.45, 2.75) is 0 Å². The Morgan fingerprint density at radius 1 is 1.12 bits per heavy atom. The molecular weight excluding hydrogens is 302 g/mol. The average Bonchev–Trinajstić information content (AvgIpc) is 3.07. The lowest BCUT2D eigenvalue weighted by molar-refractivity contribution is 0.204. The molecule has 1 fully saturated rings. The Morgan fingerprint density at radius 3 is 2.83 bits per heavy atom. The number of urea groups is 1. The van der Waals surface area contributed by atoms with Gasteiger partial charge in [-0.1, -0.05) is 18.2 Å². The summed E-state index contributed by atoms with van der Waals surface area (Å²) in [5.41, 5.74) is 3.56. The summed E-state index contributed by atoms with van der Waals surface area (Å²) in [6, 6.07) is 13.7. The number of imidazole rings is 1. The van der Waals surface area contributed by atoms with Crippen molar-refractivity contribution in [1.82, 2.24) is 19.6 Å². The van der Waals surface area contributed by atoms with Crippen molar-refractivity contribution >= 4 is 17.4 Å². The first-order valence-corrected chi connectivity index (χ1v) is 8.10. The van der Waals surface area contributed by atoms with Crippen LogP contribution in [-0.2, 0) is 0 Å². The van der Waals surface area contributed by atoms with Gasteiger partial charge < -0.3 is 19.9 Å². The zero-order valence-electron chi connectivity index (χ0n) is 13.3. The molecule has 24 heavy (non-hydrogen) atoms. The van der Waals surface area contributed by atoms with E-state index < -0.39 is 0 Å². The molecule has 6 nitrogen and oxygen atoms in total. The topological polar surface area (TPSA) is 61.7 Å². The number of rotatable bonds is 2. The summed E-state index contributed by atoms with van der Waals surface area (Å²) in [6.07, 6.45) is 3.97. The molecule has 0 radical (unpaired) electrons. The molecule has 3 aromatic rings. The highest BCUT2D eigenvalue weighted by Crippen LogP contribution is 2.22. The van der Waals surface area contributed by atoms with E-state index in [-0.39, 0.29) is 6.03 Å². The zero-order chi connectivity index (χ0) is 16.4. The van der Waals surface area contributed by atoms with E-state index in [4.69, 9.17) is 0 Å². The van der Waals surface area contributed by atoms with Gasteiger partial charge in [0.15, 0.2) is 0 Å². The van der Waals surface area contributed by atoms with Gasteiger partial charge in [-0.15, -0.1) is 0 Å². The van der Waals surface area contributed by atoms with Crippen LogP contribution in [0.2, 0.25) is 0 Å². The molecule has 6 heteroatoms. The number of pyridine rings is 1. The highest BCUT2D eigenvalue weighted by Gasteiger charge is 2.16. The van der Waals surface area contributed by atoms with Crippen molar-refractivity contribution in [3.8, 4) is 11.3 Å². The second-order valence-corrected chi connectivity index (χ2v) is 5.84. The van der Waals surface area contributed by atoms with E-state index >= 15 is 0 Å². The summed E-state index contributed by atoms with van der Waals surface area (Å²) < 4.78 is 1.99. The number of carbonyl (C=O) groups excluding carboxylic acids is 1. The van der Waals surface area contributed by atoms with Crippen LogP contribution in [0.5, 0.6) is 0 Å². The Bertz CT molecular complexity index is 833. The van der Waals surface area contributed by atoms with Crippen LogP contribution in [0.4, 0.5) is 10.5 Å². The average molecular weight is 321 g/mol. The molecule has 122 valence electrons. The predicted octanol–water partition coefficient (Wildman–Crippen LogP) is 2.44. The van der Waals surface area contributed by atoms with E-state index in [1.807, 2.05) is 64.2 Å². The number of nitrogens with zero attached hydrogens (tertiary/aromatic N) is 3. The molecule has 0 aliphatic carbocycles. The fourth-order valence-corrected chi connectivity index (χ4v) is 2.90. The number of hydrogen-bond donors (Lipinski definition) is 2. The first-order valence-electron chi connectivity index (χ1n) is 8.10. The Morgan fingerprint density at radius 2 is 2.00 bits per heavy atom. The molecule has 1 aliphatic rings. The molecule has 4 rings (SSSR count). The molecule has 2 aromatic heterocycles. The lowest BCUT2D eigenvalue weighted by atomic mass is 10.1. The monoisotopic (exact) mass is 321 g/mol. The normalized spacial score (nSPS) is 14.8. The summed E-state index contributed by atoms with van der Waals surface area (Å²) in [5.74, 6) is 0. The molecule has 3 heterocycles. The van der Waals surface area contributed by atoms with Gasteiger partial charge in [-0.3, -0.25) is 0 Å². The molecule has 1 aromatic carbocycles. The standard InChI is InChI=1S/C18H19N5O/c24-18(22-10-7-19-8-11-22)20-15-5-3-4-14(12-15)16-13-23-9-2-1-6-17(23)21-16/h1-6,9,12-13,19H,7-8,10-11H2,(H,20,24). The number of anilines is 1. The second-order valence-electron chi connectivity index (χ2n) is 5.84. The fourth-order valence-electron chi connectivity index (χ4n) is 2.90. The minimum absolute atomic E-state index is 0.0522. The summed E-state index contributed by atoms with van der Waals surface area (Å²) in [7, 11) is 0. The third kappa shape index (κ3) is 2.96. The van der Waals surface area contributed by atoms with E-state index in [9.17, 15) is 4.79 Å². The molecule has 1 saturated heterocycles. The van der Waals surface area contributed by atoms with Crippen LogP contribution >= 0.6 is 0 Å². The first-order chi connectivity index (χ1) is 11.8. The maximum atomic E-state index is 12.3. The van der Waals surface area contributed by atoms with Crippen molar-refractivity contribution in [3.05, 3.63) is 54.9 Å². The van der Waals surface area contributed by atoms with Crippen molar-refractivity contribution in [3.63, 3.8) is 0 Å². The number of hydrogen-bond acceptors (Lipinski definition) is 3. The predicted molar refractivity (Wildman–Crippen MR) is 94.1 cm³/mol. The van der Waals surface area contributed by atoms with Gasteiger partial charge in [0.25, 0.3) is 0 Å². The third-order valence-electron chi connectivity index (χ3n) is 4.18. The van der Waals surface area contributed by atoms with E-state index in [2.05, 4.69) is 15.6 Å². The summed E-state index contributed by atoms with van der Waals surface area (Å²) in [4.78, 5) is 18.8. The first kappa shape index (κ1) is 14.7. The number of carbonyl (C=O) groups is 1. The summed E-state index contributed by atoms with van der Waals surface area (Å²) in [6.45, 7) is 3.15.